The van der Waals surface area contributed by atoms with Crippen LogP contribution in [0.3, 0.4) is 0 Å². The molecule has 5 fully saturated rings. The van der Waals surface area contributed by atoms with Crippen molar-refractivity contribution in [3.63, 3.8) is 0 Å². The highest BCUT2D eigenvalue weighted by Gasteiger charge is 2.80. The average Bonchev–Trinajstić information content (AvgIpc) is 3.03. The van der Waals surface area contributed by atoms with Crippen molar-refractivity contribution in [2.45, 2.75) is 102 Å². The maximum atomic E-state index is 13.4. The Morgan fingerprint density at radius 1 is 1.19 bits per heavy atom. The molecule has 0 radical (unpaired) electrons. The number of morpholine rings is 1. The van der Waals surface area contributed by atoms with E-state index >= 15 is 0 Å². The van der Waals surface area contributed by atoms with Crippen LogP contribution in [0.25, 0.3) is 0 Å². The highest BCUT2D eigenvalue weighted by molar-refractivity contribution is 5.94. The second-order valence-corrected chi connectivity index (χ2v) is 11.2. The van der Waals surface area contributed by atoms with Crippen LogP contribution in [0.4, 0.5) is 4.79 Å². The zero-order chi connectivity index (χ0) is 22.8. The first-order valence-corrected chi connectivity index (χ1v) is 10.8. The molecule has 4 saturated heterocycles. The van der Waals surface area contributed by atoms with E-state index in [4.69, 9.17) is 18.9 Å². The molecule has 4 bridgehead atoms. The van der Waals surface area contributed by atoms with Crippen LogP contribution in [-0.4, -0.2) is 64.0 Å². The van der Waals surface area contributed by atoms with Gasteiger partial charge in [-0.3, -0.25) is 9.69 Å². The number of fused-ring (bicyclic) bond motifs is 7. The summed E-state index contributed by atoms with van der Waals surface area (Å²) in [5, 5.41) is 10.0. The fraction of sp³-hybridized carbons (Fsp3) is 0.818. The van der Waals surface area contributed by atoms with Gasteiger partial charge in [0.15, 0.2) is 0 Å². The van der Waals surface area contributed by atoms with E-state index < -0.39 is 57.9 Å². The Labute approximate surface area is 180 Å². The smallest absolute Gasteiger partial charge is 0.411 e. The van der Waals surface area contributed by atoms with E-state index in [1.54, 1.807) is 25.7 Å². The fourth-order valence-electron chi connectivity index (χ4n) is 6.05. The summed E-state index contributed by atoms with van der Waals surface area (Å²) < 4.78 is 22.9. The molecule has 5 aliphatic rings. The van der Waals surface area contributed by atoms with Gasteiger partial charge in [0.2, 0.25) is 11.2 Å². The molecule has 5 rings (SSSR count). The number of esters is 2. The standard InChI is InChI=1S/C22H28N2O7/c1-18(2,3)31-17(27)24-12-11-9-21(10-23,14(28-11)13(12)24)29-16(26)22-8-7-20(6,15(25)30-22)19(22,4)5/h11-14H,7-9H2,1-6H3/t11-,12-,13-,14-,20+,21+,22-,24?/m1/s1. The Balaban J connectivity index is 1.38. The van der Waals surface area contributed by atoms with E-state index in [2.05, 4.69) is 6.07 Å². The third-order valence-corrected chi connectivity index (χ3v) is 8.36. The number of hydrogen-bond acceptors (Lipinski definition) is 8. The summed E-state index contributed by atoms with van der Waals surface area (Å²) in [7, 11) is 0. The molecule has 31 heavy (non-hydrogen) atoms. The minimum atomic E-state index is -1.53. The Morgan fingerprint density at radius 2 is 1.87 bits per heavy atom. The van der Waals surface area contributed by atoms with Crippen LogP contribution in [0.15, 0.2) is 0 Å². The predicted octanol–water partition coefficient (Wildman–Crippen LogP) is 2.07. The molecule has 9 heteroatoms. The molecule has 168 valence electrons. The first-order chi connectivity index (χ1) is 14.2. The molecule has 9 nitrogen and oxygen atoms in total. The zero-order valence-corrected chi connectivity index (χ0v) is 18.7. The summed E-state index contributed by atoms with van der Waals surface area (Å²) >= 11 is 0. The number of carbonyl (C=O) groups excluding carboxylic acids is 3. The molecule has 4 aliphatic heterocycles. The first-order valence-electron chi connectivity index (χ1n) is 10.8. The summed E-state index contributed by atoms with van der Waals surface area (Å²) in [4.78, 5) is 40.1. The Bertz CT molecular complexity index is 948. The molecular weight excluding hydrogens is 404 g/mol. The normalized spacial score (nSPS) is 45.7. The molecule has 0 N–H and O–H groups in total. The quantitative estimate of drug-likeness (QED) is 0.370. The fourth-order valence-corrected chi connectivity index (χ4v) is 6.05. The van der Waals surface area contributed by atoms with Gasteiger partial charge in [0.05, 0.1) is 23.6 Å². The summed E-state index contributed by atoms with van der Waals surface area (Å²) in [6, 6.07) is 1.60. The van der Waals surface area contributed by atoms with Gasteiger partial charge in [-0.1, -0.05) is 13.8 Å². The lowest BCUT2D eigenvalue weighted by atomic mass is 9.66. The van der Waals surface area contributed by atoms with Gasteiger partial charge in [-0.2, -0.15) is 5.26 Å². The SMILES string of the molecule is CC(C)(C)OC(=O)N1[C@@H]2[C@H]1[C@H]1C[C@@](C#N)(OC(=O)[C@@]34CC[C@@](C)(C(=O)O3)C4(C)C)[C@@H]2O1. The third kappa shape index (κ3) is 2.27. The predicted molar refractivity (Wildman–Crippen MR) is 103 cm³/mol. The molecule has 1 amide bonds. The maximum absolute atomic E-state index is 13.4. The van der Waals surface area contributed by atoms with Gasteiger partial charge in [0.1, 0.15) is 17.8 Å². The van der Waals surface area contributed by atoms with E-state index in [0.29, 0.717) is 12.8 Å². The lowest BCUT2D eigenvalue weighted by molar-refractivity contribution is -0.194. The first kappa shape index (κ1) is 20.6. The van der Waals surface area contributed by atoms with Crippen LogP contribution in [0.2, 0.25) is 0 Å². The van der Waals surface area contributed by atoms with Crippen LogP contribution in [-0.2, 0) is 28.5 Å². The number of amides is 1. The average molecular weight is 432 g/mol. The van der Waals surface area contributed by atoms with Crippen LogP contribution in [0, 0.1) is 22.2 Å². The molecule has 1 aliphatic carbocycles. The van der Waals surface area contributed by atoms with Gasteiger partial charge in [-0.25, -0.2) is 9.59 Å². The zero-order valence-electron chi connectivity index (χ0n) is 18.7. The van der Waals surface area contributed by atoms with Crippen molar-refractivity contribution in [2.75, 3.05) is 0 Å². The van der Waals surface area contributed by atoms with E-state index in [1.165, 1.54) is 0 Å². The van der Waals surface area contributed by atoms with Crippen molar-refractivity contribution in [1.82, 2.24) is 4.90 Å². The monoisotopic (exact) mass is 432 g/mol. The number of carbonyl (C=O) groups is 3. The van der Waals surface area contributed by atoms with E-state index in [9.17, 15) is 19.6 Å². The molecule has 1 saturated carbocycles. The highest BCUT2D eigenvalue weighted by atomic mass is 16.6. The van der Waals surface area contributed by atoms with E-state index in [-0.39, 0.29) is 18.5 Å². The Morgan fingerprint density at radius 3 is 2.39 bits per heavy atom. The lowest BCUT2D eigenvalue weighted by Crippen LogP contribution is -2.55. The van der Waals surface area contributed by atoms with Gasteiger partial charge < -0.3 is 18.9 Å². The largest absolute Gasteiger partial charge is 0.446 e. The molecule has 0 unspecified atom stereocenters. The number of ether oxygens (including phenoxy) is 4. The van der Waals surface area contributed by atoms with Crippen LogP contribution in [0.1, 0.15) is 60.8 Å². The molecule has 0 aromatic rings. The molecule has 0 aromatic carbocycles. The number of hydrogen-bond donors (Lipinski definition) is 0. The van der Waals surface area contributed by atoms with Gasteiger partial charge in [0.25, 0.3) is 0 Å². The Kier molecular flexibility index (Phi) is 3.66. The molecule has 0 spiro atoms. The summed E-state index contributed by atoms with van der Waals surface area (Å²) in [5.41, 5.74) is -5.13. The van der Waals surface area contributed by atoms with Crippen LogP contribution in [0.5, 0.6) is 0 Å². The van der Waals surface area contributed by atoms with Crippen molar-refractivity contribution >= 4 is 18.0 Å². The van der Waals surface area contributed by atoms with Crippen LogP contribution >= 0.6 is 0 Å². The van der Waals surface area contributed by atoms with Crippen LogP contribution < -0.4 is 0 Å². The van der Waals surface area contributed by atoms with Crippen molar-refractivity contribution in [3.8, 4) is 6.07 Å². The van der Waals surface area contributed by atoms with Crippen molar-refractivity contribution in [3.05, 3.63) is 0 Å². The molecule has 4 heterocycles. The van der Waals surface area contributed by atoms with Gasteiger partial charge in [-0.05, 0) is 40.5 Å². The molecule has 0 aromatic heterocycles. The second kappa shape index (κ2) is 5.52. The number of nitriles is 1. The van der Waals surface area contributed by atoms with Gasteiger partial charge >= 0.3 is 18.0 Å². The maximum Gasteiger partial charge on any atom is 0.411 e. The highest BCUT2D eigenvalue weighted by Crippen LogP contribution is 2.66. The van der Waals surface area contributed by atoms with E-state index in [0.717, 1.165) is 0 Å². The second-order valence-electron chi connectivity index (χ2n) is 11.2. The molecular formula is C22H28N2O7. The number of nitrogens with zero attached hydrogens (tertiary/aromatic N) is 2. The summed E-state index contributed by atoms with van der Waals surface area (Å²) in [6.07, 6.45) is -0.575. The number of likely N-dealkylation sites (tertiary alicyclic amines) is 1. The summed E-state index contributed by atoms with van der Waals surface area (Å²) in [6.45, 7) is 10.8. The number of rotatable bonds is 2. The Hall–Kier alpha value is -2.34. The van der Waals surface area contributed by atoms with Gasteiger partial charge in [0, 0.05) is 11.8 Å². The summed E-state index contributed by atoms with van der Waals surface area (Å²) in [5.74, 6) is -1.11. The third-order valence-electron chi connectivity index (χ3n) is 8.36. The topological polar surface area (TPSA) is 115 Å². The molecule has 7 atom stereocenters. The minimum absolute atomic E-state index is 0.169. The lowest BCUT2D eigenvalue weighted by Gasteiger charge is -2.37. The minimum Gasteiger partial charge on any atom is -0.446 e. The van der Waals surface area contributed by atoms with Gasteiger partial charge in [-0.15, -0.1) is 0 Å². The van der Waals surface area contributed by atoms with E-state index in [1.807, 2.05) is 20.8 Å². The van der Waals surface area contributed by atoms with Crippen molar-refractivity contribution < 1.29 is 33.3 Å². The van der Waals surface area contributed by atoms with Crippen molar-refractivity contribution in [2.24, 2.45) is 10.8 Å². The van der Waals surface area contributed by atoms with Crippen molar-refractivity contribution in [1.29, 1.82) is 5.26 Å².